The van der Waals surface area contributed by atoms with E-state index in [1.807, 2.05) is 60.7 Å². The fourth-order valence-corrected chi connectivity index (χ4v) is 3.87. The lowest BCUT2D eigenvalue weighted by atomic mass is 10.1. The molecular weight excluding hydrogens is 452 g/mol. The Morgan fingerprint density at radius 2 is 1.50 bits per heavy atom. The highest BCUT2D eigenvalue weighted by molar-refractivity contribution is 5.88. The Hall–Kier alpha value is -3.93. The summed E-state index contributed by atoms with van der Waals surface area (Å²) in [5.74, 6) is 1.69. The van der Waals surface area contributed by atoms with Gasteiger partial charge >= 0.3 is 6.16 Å². The third-order valence-electron chi connectivity index (χ3n) is 5.87. The largest absolute Gasteiger partial charge is 0.513 e. The number of ether oxygens (including phenoxy) is 3. The van der Waals surface area contributed by atoms with Crippen molar-refractivity contribution in [3.63, 3.8) is 0 Å². The summed E-state index contributed by atoms with van der Waals surface area (Å²) in [4.78, 5) is 20.9. The quantitative estimate of drug-likeness (QED) is 0.116. The number of hydrogen-bond donors (Lipinski definition) is 0. The molecule has 1 heterocycles. The van der Waals surface area contributed by atoms with E-state index in [1.54, 1.807) is 18.5 Å². The van der Waals surface area contributed by atoms with Gasteiger partial charge in [-0.1, -0.05) is 87.6 Å². The monoisotopic (exact) mass is 484 g/mol. The number of nitrogens with zero attached hydrogens (tertiary/aromatic N) is 2. The summed E-state index contributed by atoms with van der Waals surface area (Å²) in [5, 5.41) is 1.94. The summed E-state index contributed by atoms with van der Waals surface area (Å²) < 4.78 is 16.3. The Balaban J connectivity index is 1.29. The van der Waals surface area contributed by atoms with E-state index in [0.717, 1.165) is 34.7 Å². The van der Waals surface area contributed by atoms with Gasteiger partial charge in [0.05, 0.1) is 19.0 Å². The van der Waals surface area contributed by atoms with Crippen molar-refractivity contribution in [1.29, 1.82) is 0 Å². The molecule has 0 saturated heterocycles. The van der Waals surface area contributed by atoms with Crippen molar-refractivity contribution in [1.82, 2.24) is 9.97 Å². The number of rotatable bonds is 12. The van der Waals surface area contributed by atoms with E-state index in [2.05, 4.69) is 16.9 Å². The highest BCUT2D eigenvalue weighted by atomic mass is 16.7. The van der Waals surface area contributed by atoms with E-state index >= 15 is 0 Å². The normalized spacial score (nSPS) is 10.8. The molecule has 3 aromatic carbocycles. The first kappa shape index (κ1) is 25.2. The van der Waals surface area contributed by atoms with Gasteiger partial charge in [-0.25, -0.2) is 14.8 Å². The van der Waals surface area contributed by atoms with Crippen LogP contribution in [0.2, 0.25) is 0 Å². The third-order valence-corrected chi connectivity index (χ3v) is 5.87. The lowest BCUT2D eigenvalue weighted by molar-refractivity contribution is 0.0973. The summed E-state index contributed by atoms with van der Waals surface area (Å²) in [6.07, 6.45) is 9.53. The molecule has 0 aliphatic heterocycles. The summed E-state index contributed by atoms with van der Waals surface area (Å²) in [5.41, 5.74) is 1.98. The lowest BCUT2D eigenvalue weighted by Crippen LogP contribution is -2.11. The molecule has 0 saturated carbocycles. The second kappa shape index (κ2) is 13.2. The molecule has 0 aliphatic carbocycles. The van der Waals surface area contributed by atoms with Crippen LogP contribution < -0.4 is 9.47 Å². The van der Waals surface area contributed by atoms with Crippen molar-refractivity contribution in [2.45, 2.75) is 52.1 Å². The maximum Gasteiger partial charge on any atom is 0.513 e. The van der Waals surface area contributed by atoms with Gasteiger partial charge in [-0.3, -0.25) is 0 Å². The number of hydrogen-bond acceptors (Lipinski definition) is 6. The molecule has 0 aliphatic rings. The average molecular weight is 485 g/mol. The standard InChI is InChI=1S/C30H32N2O4/c1-2-3-4-5-6-10-17-34-30(33)36-27-16-15-24-18-26(14-13-25(24)19-27)29-31-20-28(21-32-29)35-22-23-11-8-7-9-12-23/h7-9,11-16,18-21H,2-6,10,17,22H2,1H3. The van der Waals surface area contributed by atoms with Crippen LogP contribution in [0.3, 0.4) is 0 Å². The molecule has 6 nitrogen and oxygen atoms in total. The molecule has 36 heavy (non-hydrogen) atoms. The second-order valence-electron chi connectivity index (χ2n) is 8.71. The third kappa shape index (κ3) is 7.54. The van der Waals surface area contributed by atoms with E-state index in [0.29, 0.717) is 30.5 Å². The number of carbonyl (C=O) groups is 1. The van der Waals surface area contributed by atoms with E-state index < -0.39 is 6.16 Å². The highest BCUT2D eigenvalue weighted by Gasteiger charge is 2.09. The zero-order chi connectivity index (χ0) is 25.0. The zero-order valence-corrected chi connectivity index (χ0v) is 20.7. The van der Waals surface area contributed by atoms with Crippen LogP contribution in [0, 0.1) is 0 Å². The van der Waals surface area contributed by atoms with Gasteiger partial charge in [0.15, 0.2) is 11.6 Å². The molecule has 0 bridgehead atoms. The maximum atomic E-state index is 12.0. The Bertz CT molecular complexity index is 1240. The molecule has 0 N–H and O–H groups in total. The van der Waals surface area contributed by atoms with Gasteiger partial charge in [-0.15, -0.1) is 0 Å². The summed E-state index contributed by atoms with van der Waals surface area (Å²) in [6, 6.07) is 21.4. The molecule has 0 fully saturated rings. The molecular formula is C30H32N2O4. The average Bonchev–Trinajstić information content (AvgIpc) is 2.92. The predicted octanol–water partition coefficient (Wildman–Crippen LogP) is 7.75. The van der Waals surface area contributed by atoms with E-state index in [1.165, 1.54) is 25.7 Å². The SMILES string of the molecule is CCCCCCCCOC(=O)Oc1ccc2cc(-c3ncc(OCc4ccccc4)cn3)ccc2c1. The van der Waals surface area contributed by atoms with Crippen LogP contribution in [0.15, 0.2) is 79.1 Å². The summed E-state index contributed by atoms with van der Waals surface area (Å²) in [6.45, 7) is 3.05. The van der Waals surface area contributed by atoms with Crippen LogP contribution in [0.1, 0.15) is 51.0 Å². The number of aromatic nitrogens is 2. The minimum Gasteiger partial charge on any atom is -0.486 e. The van der Waals surface area contributed by atoms with Crippen LogP contribution in [0.4, 0.5) is 4.79 Å². The maximum absolute atomic E-state index is 12.0. The Kier molecular flexibility index (Phi) is 9.26. The van der Waals surface area contributed by atoms with Crippen molar-refractivity contribution in [2.24, 2.45) is 0 Å². The van der Waals surface area contributed by atoms with E-state index in [4.69, 9.17) is 14.2 Å². The minimum absolute atomic E-state index is 0.387. The topological polar surface area (TPSA) is 70.5 Å². The fraction of sp³-hybridized carbons (Fsp3) is 0.300. The van der Waals surface area contributed by atoms with Crippen LogP contribution in [-0.2, 0) is 11.3 Å². The number of fused-ring (bicyclic) bond motifs is 1. The van der Waals surface area contributed by atoms with Gasteiger partial charge in [0.25, 0.3) is 0 Å². The van der Waals surface area contributed by atoms with Gasteiger partial charge in [0.2, 0.25) is 0 Å². The van der Waals surface area contributed by atoms with Gasteiger partial charge < -0.3 is 14.2 Å². The first-order chi connectivity index (χ1) is 17.7. The zero-order valence-electron chi connectivity index (χ0n) is 20.7. The molecule has 0 amide bonds. The fourth-order valence-electron chi connectivity index (χ4n) is 3.87. The summed E-state index contributed by atoms with van der Waals surface area (Å²) >= 11 is 0. The van der Waals surface area contributed by atoms with Gasteiger partial charge in [-0.2, -0.15) is 0 Å². The Labute approximate surface area is 212 Å². The number of carbonyl (C=O) groups excluding carboxylic acids is 1. The van der Waals surface area contributed by atoms with Gasteiger partial charge in [0.1, 0.15) is 12.4 Å². The van der Waals surface area contributed by atoms with E-state index in [-0.39, 0.29) is 0 Å². The van der Waals surface area contributed by atoms with Crippen molar-refractivity contribution < 1.29 is 19.0 Å². The predicted molar refractivity (Wildman–Crippen MR) is 141 cm³/mol. The molecule has 0 spiro atoms. The second-order valence-corrected chi connectivity index (χ2v) is 8.71. The van der Waals surface area contributed by atoms with Crippen LogP contribution in [-0.4, -0.2) is 22.7 Å². The summed E-state index contributed by atoms with van der Waals surface area (Å²) in [7, 11) is 0. The van der Waals surface area contributed by atoms with Crippen molar-refractivity contribution in [3.8, 4) is 22.9 Å². The molecule has 4 aromatic rings. The lowest BCUT2D eigenvalue weighted by Gasteiger charge is -2.08. The number of unbranched alkanes of at least 4 members (excludes halogenated alkanes) is 5. The van der Waals surface area contributed by atoms with Crippen LogP contribution >= 0.6 is 0 Å². The van der Waals surface area contributed by atoms with E-state index in [9.17, 15) is 4.79 Å². The first-order valence-corrected chi connectivity index (χ1v) is 12.6. The number of benzene rings is 3. The van der Waals surface area contributed by atoms with Crippen molar-refractivity contribution in [3.05, 3.63) is 84.7 Å². The molecule has 0 atom stereocenters. The Morgan fingerprint density at radius 1 is 0.778 bits per heavy atom. The molecule has 0 radical (unpaired) electrons. The molecule has 4 rings (SSSR count). The smallest absolute Gasteiger partial charge is 0.486 e. The molecule has 6 heteroatoms. The van der Waals surface area contributed by atoms with Crippen molar-refractivity contribution >= 4 is 16.9 Å². The Morgan fingerprint density at radius 3 is 2.31 bits per heavy atom. The van der Waals surface area contributed by atoms with Crippen molar-refractivity contribution in [2.75, 3.05) is 6.61 Å². The molecule has 0 unspecified atom stereocenters. The molecule has 186 valence electrons. The first-order valence-electron chi connectivity index (χ1n) is 12.6. The van der Waals surface area contributed by atoms with Gasteiger partial charge in [0, 0.05) is 5.56 Å². The van der Waals surface area contributed by atoms with Crippen LogP contribution in [0.25, 0.3) is 22.2 Å². The van der Waals surface area contributed by atoms with Crippen LogP contribution in [0.5, 0.6) is 11.5 Å². The highest BCUT2D eigenvalue weighted by Crippen LogP contribution is 2.26. The minimum atomic E-state index is -0.664. The molecule has 1 aromatic heterocycles. The van der Waals surface area contributed by atoms with Gasteiger partial charge in [-0.05, 0) is 41.0 Å².